The molecule has 0 radical (unpaired) electrons. The summed E-state index contributed by atoms with van der Waals surface area (Å²) in [5, 5.41) is 6.97. The molecule has 0 saturated carbocycles. The molecular formula is C16H26N2. The lowest BCUT2D eigenvalue weighted by atomic mass is 9.89. The molecule has 2 atom stereocenters. The van der Waals surface area contributed by atoms with Gasteiger partial charge in [-0.2, -0.15) is 0 Å². The smallest absolute Gasteiger partial charge is 0.0323 e. The van der Waals surface area contributed by atoms with Gasteiger partial charge in [0.25, 0.3) is 0 Å². The quantitative estimate of drug-likeness (QED) is 0.853. The van der Waals surface area contributed by atoms with Crippen molar-refractivity contribution in [2.75, 3.05) is 20.1 Å². The van der Waals surface area contributed by atoms with Gasteiger partial charge in [0.1, 0.15) is 0 Å². The SMILES string of the molecule is CNC(CC1CCNC1)c1ccc(C)c(C)c1C. The minimum atomic E-state index is 0.495. The average molecular weight is 246 g/mol. The molecule has 1 saturated heterocycles. The first-order chi connectivity index (χ1) is 8.63. The maximum atomic E-state index is 3.50. The highest BCUT2D eigenvalue weighted by Gasteiger charge is 2.21. The highest BCUT2D eigenvalue weighted by atomic mass is 14.9. The van der Waals surface area contributed by atoms with Gasteiger partial charge in [0, 0.05) is 6.04 Å². The van der Waals surface area contributed by atoms with Crippen LogP contribution in [0.2, 0.25) is 0 Å². The molecule has 2 nitrogen and oxygen atoms in total. The maximum Gasteiger partial charge on any atom is 0.0323 e. The molecule has 0 aromatic heterocycles. The molecule has 1 aromatic carbocycles. The van der Waals surface area contributed by atoms with Gasteiger partial charge >= 0.3 is 0 Å². The molecule has 1 aromatic rings. The topological polar surface area (TPSA) is 24.1 Å². The van der Waals surface area contributed by atoms with Gasteiger partial charge in [-0.3, -0.25) is 0 Å². The second-order valence-corrected chi connectivity index (χ2v) is 5.66. The Hall–Kier alpha value is -0.860. The van der Waals surface area contributed by atoms with E-state index in [0.717, 1.165) is 5.92 Å². The monoisotopic (exact) mass is 246 g/mol. The van der Waals surface area contributed by atoms with Crippen molar-refractivity contribution in [3.63, 3.8) is 0 Å². The summed E-state index contributed by atoms with van der Waals surface area (Å²) in [5.41, 5.74) is 5.78. The van der Waals surface area contributed by atoms with E-state index in [-0.39, 0.29) is 0 Å². The fourth-order valence-electron chi connectivity index (χ4n) is 3.00. The maximum absolute atomic E-state index is 3.50. The summed E-state index contributed by atoms with van der Waals surface area (Å²) in [6.45, 7) is 9.06. The second-order valence-electron chi connectivity index (χ2n) is 5.66. The molecule has 0 bridgehead atoms. The van der Waals surface area contributed by atoms with Crippen molar-refractivity contribution in [2.45, 2.75) is 39.7 Å². The average Bonchev–Trinajstić information content (AvgIpc) is 2.87. The van der Waals surface area contributed by atoms with Gasteiger partial charge in [0.15, 0.2) is 0 Å². The molecule has 1 fully saturated rings. The van der Waals surface area contributed by atoms with Crippen LogP contribution in [0.1, 0.15) is 41.1 Å². The molecule has 2 rings (SSSR count). The summed E-state index contributed by atoms with van der Waals surface area (Å²) < 4.78 is 0. The third-order valence-corrected chi connectivity index (χ3v) is 4.56. The van der Waals surface area contributed by atoms with Gasteiger partial charge in [-0.05, 0) is 81.9 Å². The molecule has 100 valence electrons. The Kier molecular flexibility index (Phi) is 4.41. The van der Waals surface area contributed by atoms with E-state index in [1.54, 1.807) is 0 Å². The van der Waals surface area contributed by atoms with E-state index in [1.807, 2.05) is 0 Å². The summed E-state index contributed by atoms with van der Waals surface area (Å²) in [7, 11) is 2.08. The van der Waals surface area contributed by atoms with Gasteiger partial charge in [-0.25, -0.2) is 0 Å². The molecule has 0 aliphatic carbocycles. The lowest BCUT2D eigenvalue weighted by Crippen LogP contribution is -2.22. The van der Waals surface area contributed by atoms with Gasteiger partial charge in [-0.15, -0.1) is 0 Å². The first-order valence-electron chi connectivity index (χ1n) is 7.08. The largest absolute Gasteiger partial charge is 0.316 e. The fraction of sp³-hybridized carbons (Fsp3) is 0.625. The number of nitrogens with one attached hydrogen (secondary N) is 2. The summed E-state index contributed by atoms with van der Waals surface area (Å²) in [4.78, 5) is 0. The first kappa shape index (κ1) is 13.6. The van der Waals surface area contributed by atoms with Crippen molar-refractivity contribution in [3.8, 4) is 0 Å². The van der Waals surface area contributed by atoms with Crippen molar-refractivity contribution in [1.82, 2.24) is 10.6 Å². The van der Waals surface area contributed by atoms with Crippen molar-refractivity contribution in [2.24, 2.45) is 5.92 Å². The van der Waals surface area contributed by atoms with E-state index in [9.17, 15) is 0 Å². The van der Waals surface area contributed by atoms with Crippen LogP contribution in [0.5, 0.6) is 0 Å². The van der Waals surface area contributed by atoms with Gasteiger partial charge in [0.2, 0.25) is 0 Å². The van der Waals surface area contributed by atoms with Crippen LogP contribution < -0.4 is 10.6 Å². The van der Waals surface area contributed by atoms with Crippen molar-refractivity contribution >= 4 is 0 Å². The fourth-order valence-corrected chi connectivity index (χ4v) is 3.00. The molecule has 2 N–H and O–H groups in total. The zero-order valence-electron chi connectivity index (χ0n) is 12.1. The summed E-state index contributed by atoms with van der Waals surface area (Å²) in [5.74, 6) is 0.823. The van der Waals surface area contributed by atoms with Crippen molar-refractivity contribution < 1.29 is 0 Å². The molecule has 18 heavy (non-hydrogen) atoms. The van der Waals surface area contributed by atoms with Crippen LogP contribution in [0.3, 0.4) is 0 Å². The lowest BCUT2D eigenvalue weighted by molar-refractivity contribution is 0.429. The molecule has 2 heteroatoms. The third-order valence-electron chi connectivity index (χ3n) is 4.56. The summed E-state index contributed by atoms with van der Waals surface area (Å²) in [6, 6.07) is 5.06. The molecule has 1 heterocycles. The zero-order valence-corrected chi connectivity index (χ0v) is 12.1. The Morgan fingerprint density at radius 1 is 1.28 bits per heavy atom. The molecule has 1 aliphatic heterocycles. The Morgan fingerprint density at radius 3 is 2.67 bits per heavy atom. The van der Waals surface area contributed by atoms with Crippen LogP contribution in [0.15, 0.2) is 12.1 Å². The van der Waals surface area contributed by atoms with E-state index >= 15 is 0 Å². The number of rotatable bonds is 4. The number of hydrogen-bond donors (Lipinski definition) is 2. The highest BCUT2D eigenvalue weighted by Crippen LogP contribution is 2.29. The van der Waals surface area contributed by atoms with Crippen LogP contribution in [0, 0.1) is 26.7 Å². The Bertz CT molecular complexity index is 406. The third kappa shape index (κ3) is 2.76. The Morgan fingerprint density at radius 2 is 2.06 bits per heavy atom. The van der Waals surface area contributed by atoms with Gasteiger partial charge in [0.05, 0.1) is 0 Å². The van der Waals surface area contributed by atoms with Crippen LogP contribution in [-0.2, 0) is 0 Å². The van der Waals surface area contributed by atoms with Gasteiger partial charge < -0.3 is 10.6 Å². The van der Waals surface area contributed by atoms with Crippen LogP contribution in [0.4, 0.5) is 0 Å². The summed E-state index contributed by atoms with van der Waals surface area (Å²) in [6.07, 6.45) is 2.56. The predicted octanol–water partition coefficient (Wildman–Crippen LogP) is 2.87. The van der Waals surface area contributed by atoms with Crippen LogP contribution in [0.25, 0.3) is 0 Å². The predicted molar refractivity (Wildman–Crippen MR) is 78.0 cm³/mol. The van der Waals surface area contributed by atoms with Crippen LogP contribution in [-0.4, -0.2) is 20.1 Å². The van der Waals surface area contributed by atoms with E-state index in [0.29, 0.717) is 6.04 Å². The van der Waals surface area contributed by atoms with Crippen LogP contribution >= 0.6 is 0 Å². The first-order valence-corrected chi connectivity index (χ1v) is 7.08. The number of benzene rings is 1. The summed E-state index contributed by atoms with van der Waals surface area (Å²) >= 11 is 0. The highest BCUT2D eigenvalue weighted by molar-refractivity contribution is 5.40. The number of hydrogen-bond acceptors (Lipinski definition) is 2. The van der Waals surface area contributed by atoms with Crippen molar-refractivity contribution in [1.29, 1.82) is 0 Å². The van der Waals surface area contributed by atoms with E-state index in [1.165, 1.54) is 48.2 Å². The molecular weight excluding hydrogens is 220 g/mol. The Labute approximate surface area is 111 Å². The zero-order chi connectivity index (χ0) is 13.1. The molecule has 0 spiro atoms. The van der Waals surface area contributed by atoms with Crippen molar-refractivity contribution in [3.05, 3.63) is 34.4 Å². The number of aryl methyl sites for hydroxylation is 1. The molecule has 0 amide bonds. The standard InChI is InChI=1S/C16H26N2/c1-11-5-6-15(13(3)12(11)2)16(17-4)9-14-7-8-18-10-14/h5-6,14,16-18H,7-10H2,1-4H3. The van der Waals surface area contributed by atoms with Gasteiger partial charge in [-0.1, -0.05) is 12.1 Å². The van der Waals surface area contributed by atoms with E-state index in [2.05, 4.69) is 50.6 Å². The van der Waals surface area contributed by atoms with E-state index < -0.39 is 0 Å². The second kappa shape index (κ2) is 5.85. The Balaban J connectivity index is 2.18. The van der Waals surface area contributed by atoms with E-state index in [4.69, 9.17) is 0 Å². The molecule has 2 unspecified atom stereocenters. The normalized spacial score (nSPS) is 21.2. The molecule has 1 aliphatic rings. The minimum Gasteiger partial charge on any atom is -0.316 e. The lowest BCUT2D eigenvalue weighted by Gasteiger charge is -2.23. The minimum absolute atomic E-state index is 0.495.